The highest BCUT2D eigenvalue weighted by Crippen LogP contribution is 2.25. The van der Waals surface area contributed by atoms with Crippen molar-refractivity contribution in [1.29, 1.82) is 0 Å². The highest BCUT2D eigenvalue weighted by Gasteiger charge is 2.14. The molecule has 0 bridgehead atoms. The molecule has 0 saturated carbocycles. The number of thiophene rings is 1. The molecule has 0 fully saturated rings. The van der Waals surface area contributed by atoms with Crippen molar-refractivity contribution in [2.45, 2.75) is 27.3 Å². The lowest BCUT2D eigenvalue weighted by Crippen LogP contribution is -2.27. The molecule has 0 aliphatic heterocycles. The second-order valence-corrected chi connectivity index (χ2v) is 7.26. The van der Waals surface area contributed by atoms with Crippen LogP contribution in [0.4, 0.5) is 5.69 Å². The Morgan fingerprint density at radius 2 is 2.08 bits per heavy atom. The Hall–Kier alpha value is -2.18. The van der Waals surface area contributed by atoms with Crippen molar-refractivity contribution >= 4 is 44.7 Å². The maximum absolute atomic E-state index is 12.6. The number of aromatic nitrogens is 2. The van der Waals surface area contributed by atoms with E-state index in [9.17, 15) is 9.59 Å². The maximum atomic E-state index is 12.6. The number of halogens is 1. The standard InChI is InChI=1S/C17H16ClN3O2S/c1-9-4-5-12(6-13(9)18)20-14(22)7-21-8-19-16-15(17(21)23)10(2)11(3)24-16/h4-6,8H,7H2,1-3H3,(H,20,22). The normalized spacial score (nSPS) is 11.0. The monoisotopic (exact) mass is 361 g/mol. The molecule has 1 N–H and O–H groups in total. The SMILES string of the molecule is Cc1ccc(NC(=O)Cn2cnc3sc(C)c(C)c3c2=O)cc1Cl. The number of nitrogens with one attached hydrogen (secondary N) is 1. The van der Waals surface area contributed by atoms with E-state index in [2.05, 4.69) is 10.3 Å². The fourth-order valence-electron chi connectivity index (χ4n) is 2.41. The molecule has 0 unspecified atom stereocenters. The topological polar surface area (TPSA) is 64.0 Å². The number of nitrogens with zero attached hydrogens (tertiary/aromatic N) is 2. The van der Waals surface area contributed by atoms with Gasteiger partial charge in [-0.3, -0.25) is 14.2 Å². The summed E-state index contributed by atoms with van der Waals surface area (Å²) >= 11 is 7.54. The fraction of sp³-hybridized carbons (Fsp3) is 0.235. The van der Waals surface area contributed by atoms with Crippen LogP contribution in [0, 0.1) is 20.8 Å². The van der Waals surface area contributed by atoms with Crippen molar-refractivity contribution < 1.29 is 4.79 Å². The number of hydrogen-bond donors (Lipinski definition) is 1. The first kappa shape index (κ1) is 16.7. The van der Waals surface area contributed by atoms with Crippen LogP contribution < -0.4 is 10.9 Å². The molecule has 3 rings (SSSR count). The quantitative estimate of drug-likeness (QED) is 0.774. The Labute approximate surface area is 147 Å². The zero-order chi connectivity index (χ0) is 17.4. The minimum absolute atomic E-state index is 0.0956. The van der Waals surface area contributed by atoms with E-state index in [-0.39, 0.29) is 18.0 Å². The Morgan fingerprint density at radius 1 is 1.33 bits per heavy atom. The first-order valence-electron chi connectivity index (χ1n) is 7.38. The zero-order valence-electron chi connectivity index (χ0n) is 13.5. The molecule has 124 valence electrons. The third-order valence-electron chi connectivity index (χ3n) is 3.93. The molecular formula is C17H16ClN3O2S. The summed E-state index contributed by atoms with van der Waals surface area (Å²) in [4.78, 5) is 30.9. The molecule has 24 heavy (non-hydrogen) atoms. The van der Waals surface area contributed by atoms with Gasteiger partial charge in [-0.2, -0.15) is 0 Å². The molecule has 1 amide bonds. The lowest BCUT2D eigenvalue weighted by Gasteiger charge is -2.08. The van der Waals surface area contributed by atoms with E-state index in [1.54, 1.807) is 12.1 Å². The minimum Gasteiger partial charge on any atom is -0.324 e. The van der Waals surface area contributed by atoms with Gasteiger partial charge < -0.3 is 5.32 Å². The second kappa shape index (κ2) is 6.37. The maximum Gasteiger partial charge on any atom is 0.262 e. The van der Waals surface area contributed by atoms with Crippen molar-refractivity contribution in [2.24, 2.45) is 0 Å². The van der Waals surface area contributed by atoms with Crippen molar-refractivity contribution in [3.05, 3.63) is 55.9 Å². The van der Waals surface area contributed by atoms with E-state index in [0.29, 0.717) is 20.9 Å². The number of anilines is 1. The number of hydrogen-bond acceptors (Lipinski definition) is 4. The summed E-state index contributed by atoms with van der Waals surface area (Å²) in [6, 6.07) is 5.29. The Balaban J connectivity index is 1.85. The number of fused-ring (bicyclic) bond motifs is 1. The summed E-state index contributed by atoms with van der Waals surface area (Å²) in [6.45, 7) is 5.65. The van der Waals surface area contributed by atoms with Crippen molar-refractivity contribution in [1.82, 2.24) is 9.55 Å². The van der Waals surface area contributed by atoms with Crippen LogP contribution in [0.25, 0.3) is 10.2 Å². The van der Waals surface area contributed by atoms with E-state index >= 15 is 0 Å². The third kappa shape index (κ3) is 3.07. The molecule has 7 heteroatoms. The molecular weight excluding hydrogens is 346 g/mol. The van der Waals surface area contributed by atoms with Crippen LogP contribution in [-0.2, 0) is 11.3 Å². The molecule has 0 radical (unpaired) electrons. The average molecular weight is 362 g/mol. The van der Waals surface area contributed by atoms with Gasteiger partial charge in [0.15, 0.2) is 0 Å². The molecule has 3 aromatic rings. The Kier molecular flexibility index (Phi) is 4.43. The van der Waals surface area contributed by atoms with E-state index in [4.69, 9.17) is 11.6 Å². The molecule has 2 aromatic heterocycles. The van der Waals surface area contributed by atoms with Crippen molar-refractivity contribution in [3.63, 3.8) is 0 Å². The Bertz CT molecular complexity index is 1010. The van der Waals surface area contributed by atoms with Crippen LogP contribution >= 0.6 is 22.9 Å². The number of amides is 1. The number of benzene rings is 1. The zero-order valence-corrected chi connectivity index (χ0v) is 15.1. The Morgan fingerprint density at radius 3 is 2.79 bits per heavy atom. The van der Waals surface area contributed by atoms with Crippen LogP contribution in [0.15, 0.2) is 29.3 Å². The van der Waals surface area contributed by atoms with Gasteiger partial charge in [-0.1, -0.05) is 17.7 Å². The third-order valence-corrected chi connectivity index (χ3v) is 5.45. The highest BCUT2D eigenvalue weighted by molar-refractivity contribution is 7.18. The average Bonchev–Trinajstić information content (AvgIpc) is 2.81. The molecule has 0 spiro atoms. The van der Waals surface area contributed by atoms with Crippen LogP contribution in [0.1, 0.15) is 16.0 Å². The predicted octanol–water partition coefficient (Wildman–Crippen LogP) is 3.68. The summed E-state index contributed by atoms with van der Waals surface area (Å²) in [7, 11) is 0. The molecule has 5 nitrogen and oxygen atoms in total. The molecule has 0 saturated heterocycles. The van der Waals surface area contributed by atoms with Gasteiger partial charge in [-0.25, -0.2) is 4.98 Å². The van der Waals surface area contributed by atoms with Gasteiger partial charge >= 0.3 is 0 Å². The van der Waals surface area contributed by atoms with Gasteiger partial charge in [0, 0.05) is 15.6 Å². The summed E-state index contributed by atoms with van der Waals surface area (Å²) in [5.41, 5.74) is 2.26. The molecule has 1 aromatic carbocycles. The van der Waals surface area contributed by atoms with Gasteiger partial charge in [-0.05, 0) is 44.0 Å². The smallest absolute Gasteiger partial charge is 0.262 e. The summed E-state index contributed by atoms with van der Waals surface area (Å²) in [5.74, 6) is -0.303. The molecule has 0 aliphatic rings. The summed E-state index contributed by atoms with van der Waals surface area (Å²) < 4.78 is 1.33. The molecule has 0 aliphatic carbocycles. The fourth-order valence-corrected chi connectivity index (χ4v) is 3.58. The van der Waals surface area contributed by atoms with E-state index < -0.39 is 0 Å². The van der Waals surface area contributed by atoms with Crippen LogP contribution in [0.5, 0.6) is 0 Å². The van der Waals surface area contributed by atoms with Crippen LogP contribution in [0.2, 0.25) is 5.02 Å². The van der Waals surface area contributed by atoms with Gasteiger partial charge in [0.1, 0.15) is 11.4 Å². The van der Waals surface area contributed by atoms with Crippen molar-refractivity contribution in [3.8, 4) is 0 Å². The highest BCUT2D eigenvalue weighted by atomic mass is 35.5. The van der Waals surface area contributed by atoms with E-state index in [0.717, 1.165) is 16.0 Å². The summed E-state index contributed by atoms with van der Waals surface area (Å²) in [5, 5.41) is 3.92. The van der Waals surface area contributed by atoms with Crippen molar-refractivity contribution in [2.75, 3.05) is 5.32 Å². The first-order chi connectivity index (χ1) is 11.4. The largest absolute Gasteiger partial charge is 0.324 e. The van der Waals surface area contributed by atoms with Crippen LogP contribution in [0.3, 0.4) is 0 Å². The van der Waals surface area contributed by atoms with Crippen LogP contribution in [-0.4, -0.2) is 15.5 Å². The number of aryl methyl sites for hydroxylation is 3. The number of rotatable bonds is 3. The lowest BCUT2D eigenvalue weighted by atomic mass is 10.2. The van der Waals surface area contributed by atoms with E-state index in [1.165, 1.54) is 22.2 Å². The van der Waals surface area contributed by atoms with Gasteiger partial charge in [0.05, 0.1) is 11.7 Å². The van der Waals surface area contributed by atoms with Gasteiger partial charge in [0.25, 0.3) is 5.56 Å². The minimum atomic E-state index is -0.303. The van der Waals surface area contributed by atoms with Gasteiger partial charge in [0.2, 0.25) is 5.91 Å². The molecule has 2 heterocycles. The molecule has 0 atom stereocenters. The van der Waals surface area contributed by atoms with E-state index in [1.807, 2.05) is 26.8 Å². The second-order valence-electron chi connectivity index (χ2n) is 5.65. The van der Waals surface area contributed by atoms with Gasteiger partial charge in [-0.15, -0.1) is 11.3 Å². The number of carbonyl (C=O) groups excluding carboxylic acids is 1. The lowest BCUT2D eigenvalue weighted by molar-refractivity contribution is -0.116. The first-order valence-corrected chi connectivity index (χ1v) is 8.57. The predicted molar refractivity (Wildman–Crippen MR) is 98.2 cm³/mol. The summed E-state index contributed by atoms with van der Waals surface area (Å²) in [6.07, 6.45) is 1.42. The number of carbonyl (C=O) groups is 1.